The Morgan fingerprint density at radius 1 is 1.39 bits per heavy atom. The van der Waals surface area contributed by atoms with Crippen LogP contribution in [-0.4, -0.2) is 15.7 Å². The third kappa shape index (κ3) is 2.83. The van der Waals surface area contributed by atoms with Crippen LogP contribution >= 0.6 is 23.2 Å². The van der Waals surface area contributed by atoms with E-state index in [0.29, 0.717) is 21.3 Å². The molecule has 4 nitrogen and oxygen atoms in total. The molecule has 1 aromatic carbocycles. The van der Waals surface area contributed by atoms with Crippen molar-refractivity contribution >= 4 is 34.8 Å². The van der Waals surface area contributed by atoms with E-state index >= 15 is 0 Å². The van der Waals surface area contributed by atoms with Gasteiger partial charge in [0.1, 0.15) is 0 Å². The van der Waals surface area contributed by atoms with Crippen molar-refractivity contribution in [2.24, 2.45) is 0 Å². The molecule has 0 aliphatic heterocycles. The van der Waals surface area contributed by atoms with Gasteiger partial charge in [0.15, 0.2) is 0 Å². The lowest BCUT2D eigenvalue weighted by atomic mass is 10.3. The van der Waals surface area contributed by atoms with Crippen molar-refractivity contribution in [2.75, 3.05) is 5.32 Å². The average molecular weight is 284 g/mol. The summed E-state index contributed by atoms with van der Waals surface area (Å²) in [6.45, 7) is 2.67. The third-order valence-electron chi connectivity index (χ3n) is 2.40. The highest BCUT2D eigenvalue weighted by Gasteiger charge is 2.09. The number of carbonyl (C=O) groups is 1. The number of hydrogen-bond donors (Lipinski definition) is 1. The number of benzene rings is 1. The highest BCUT2D eigenvalue weighted by molar-refractivity contribution is 6.42. The molecule has 0 atom stereocenters. The predicted octanol–water partition coefficient (Wildman–Crippen LogP) is 3.46. The summed E-state index contributed by atoms with van der Waals surface area (Å²) in [5.41, 5.74) is 1.10. The lowest BCUT2D eigenvalue weighted by Crippen LogP contribution is -2.11. The molecule has 1 heterocycles. The number of halogens is 2. The van der Waals surface area contributed by atoms with Gasteiger partial charge in [-0.05, 0) is 25.1 Å². The maximum Gasteiger partial charge on any atom is 0.258 e. The van der Waals surface area contributed by atoms with Gasteiger partial charge in [0.25, 0.3) is 5.91 Å². The second-order valence-corrected chi connectivity index (χ2v) is 4.48. The summed E-state index contributed by atoms with van der Waals surface area (Å²) in [4.78, 5) is 11.9. The van der Waals surface area contributed by atoms with E-state index in [-0.39, 0.29) is 5.91 Å². The molecule has 1 aromatic heterocycles. The van der Waals surface area contributed by atoms with E-state index in [1.54, 1.807) is 29.1 Å². The van der Waals surface area contributed by atoms with Crippen LogP contribution in [0.4, 0.5) is 5.69 Å². The maximum absolute atomic E-state index is 11.9. The topological polar surface area (TPSA) is 46.9 Å². The Labute approximate surface area is 115 Å². The number of nitrogens with zero attached hydrogens (tertiary/aromatic N) is 2. The molecule has 2 aromatic rings. The Balaban J connectivity index is 2.13. The molecule has 0 spiro atoms. The van der Waals surface area contributed by atoms with Crippen LogP contribution in [0.25, 0.3) is 0 Å². The number of rotatable bonds is 3. The van der Waals surface area contributed by atoms with Gasteiger partial charge in [-0.15, -0.1) is 0 Å². The highest BCUT2D eigenvalue weighted by Crippen LogP contribution is 2.25. The summed E-state index contributed by atoms with van der Waals surface area (Å²) in [6.07, 6.45) is 3.21. The first-order valence-corrected chi connectivity index (χ1v) is 6.14. The Bertz CT molecular complexity index is 580. The number of aromatic nitrogens is 2. The maximum atomic E-state index is 11.9. The number of amides is 1. The fourth-order valence-electron chi connectivity index (χ4n) is 1.43. The smallest absolute Gasteiger partial charge is 0.258 e. The second kappa shape index (κ2) is 5.42. The minimum absolute atomic E-state index is 0.229. The van der Waals surface area contributed by atoms with E-state index in [0.717, 1.165) is 6.54 Å². The summed E-state index contributed by atoms with van der Waals surface area (Å²) in [7, 11) is 0. The van der Waals surface area contributed by atoms with Gasteiger partial charge in [0, 0.05) is 18.4 Å². The van der Waals surface area contributed by atoms with Crippen LogP contribution in [0.5, 0.6) is 0 Å². The molecule has 0 radical (unpaired) electrons. The van der Waals surface area contributed by atoms with Crippen molar-refractivity contribution in [1.82, 2.24) is 9.78 Å². The number of carbonyl (C=O) groups excluding carboxylic acids is 1. The molecule has 0 fully saturated rings. The molecule has 18 heavy (non-hydrogen) atoms. The summed E-state index contributed by atoms with van der Waals surface area (Å²) in [5, 5.41) is 7.62. The quantitative estimate of drug-likeness (QED) is 0.938. The molecule has 0 bridgehead atoms. The van der Waals surface area contributed by atoms with Crippen LogP contribution in [-0.2, 0) is 6.54 Å². The molecule has 6 heteroatoms. The number of anilines is 1. The summed E-state index contributed by atoms with van der Waals surface area (Å²) in [5.74, 6) is -0.229. The molecule has 0 unspecified atom stereocenters. The van der Waals surface area contributed by atoms with E-state index in [9.17, 15) is 4.79 Å². The van der Waals surface area contributed by atoms with Crippen molar-refractivity contribution in [3.05, 3.63) is 46.2 Å². The average Bonchev–Trinajstić information content (AvgIpc) is 2.82. The molecule has 0 aliphatic carbocycles. The summed E-state index contributed by atoms with van der Waals surface area (Å²) in [6, 6.07) is 4.93. The Morgan fingerprint density at radius 2 is 2.17 bits per heavy atom. The van der Waals surface area contributed by atoms with Gasteiger partial charge >= 0.3 is 0 Å². The minimum Gasteiger partial charge on any atom is -0.322 e. The Hall–Kier alpha value is -1.52. The van der Waals surface area contributed by atoms with Crippen molar-refractivity contribution in [1.29, 1.82) is 0 Å². The first-order valence-electron chi connectivity index (χ1n) is 5.39. The minimum atomic E-state index is -0.229. The van der Waals surface area contributed by atoms with Crippen molar-refractivity contribution < 1.29 is 4.79 Å². The molecule has 1 amide bonds. The van der Waals surface area contributed by atoms with Crippen LogP contribution in [0.15, 0.2) is 30.6 Å². The molecule has 2 rings (SSSR count). The van der Waals surface area contributed by atoms with Crippen LogP contribution in [0, 0.1) is 0 Å². The summed E-state index contributed by atoms with van der Waals surface area (Å²) >= 11 is 11.7. The van der Waals surface area contributed by atoms with Crippen molar-refractivity contribution in [3.8, 4) is 0 Å². The van der Waals surface area contributed by atoms with Crippen LogP contribution in [0.2, 0.25) is 10.0 Å². The first-order chi connectivity index (χ1) is 8.60. The molecule has 0 saturated heterocycles. The predicted molar refractivity (Wildman–Crippen MR) is 72.3 cm³/mol. The fraction of sp³-hybridized carbons (Fsp3) is 0.167. The Morgan fingerprint density at radius 3 is 2.78 bits per heavy atom. The molecule has 1 N–H and O–H groups in total. The second-order valence-electron chi connectivity index (χ2n) is 3.67. The zero-order valence-electron chi connectivity index (χ0n) is 9.65. The van der Waals surface area contributed by atoms with Crippen LogP contribution in [0.3, 0.4) is 0 Å². The molecular formula is C12H11Cl2N3O. The lowest BCUT2D eigenvalue weighted by molar-refractivity contribution is 0.102. The van der Waals surface area contributed by atoms with Crippen molar-refractivity contribution in [3.63, 3.8) is 0 Å². The molecule has 0 aliphatic rings. The van der Waals surface area contributed by atoms with Gasteiger partial charge in [0.2, 0.25) is 0 Å². The van der Waals surface area contributed by atoms with E-state index in [1.165, 1.54) is 6.20 Å². The van der Waals surface area contributed by atoms with Gasteiger partial charge < -0.3 is 5.32 Å². The van der Waals surface area contributed by atoms with Gasteiger partial charge in [-0.1, -0.05) is 23.2 Å². The molecular weight excluding hydrogens is 273 g/mol. The Kier molecular flexibility index (Phi) is 3.89. The van der Waals surface area contributed by atoms with Crippen LogP contribution < -0.4 is 5.32 Å². The van der Waals surface area contributed by atoms with Gasteiger partial charge in [-0.2, -0.15) is 5.10 Å². The van der Waals surface area contributed by atoms with Crippen LogP contribution in [0.1, 0.15) is 17.3 Å². The number of nitrogens with one attached hydrogen (secondary N) is 1. The normalized spacial score (nSPS) is 10.4. The molecule has 94 valence electrons. The largest absolute Gasteiger partial charge is 0.322 e. The first kappa shape index (κ1) is 12.9. The van der Waals surface area contributed by atoms with E-state index < -0.39 is 0 Å². The number of hydrogen-bond acceptors (Lipinski definition) is 2. The number of aryl methyl sites for hydroxylation is 1. The standard InChI is InChI=1S/C12H11Cl2N3O/c1-2-17-7-8(6-15-17)12(18)16-9-3-4-10(13)11(14)5-9/h3-7H,2H2,1H3,(H,16,18). The van der Waals surface area contributed by atoms with Gasteiger partial charge in [0.05, 0.1) is 21.8 Å². The monoisotopic (exact) mass is 283 g/mol. The fourth-order valence-corrected chi connectivity index (χ4v) is 1.73. The van der Waals surface area contributed by atoms with E-state index in [4.69, 9.17) is 23.2 Å². The molecule has 0 saturated carbocycles. The van der Waals surface area contributed by atoms with Gasteiger partial charge in [-0.25, -0.2) is 0 Å². The zero-order valence-corrected chi connectivity index (χ0v) is 11.2. The van der Waals surface area contributed by atoms with Gasteiger partial charge in [-0.3, -0.25) is 9.48 Å². The highest BCUT2D eigenvalue weighted by atomic mass is 35.5. The van der Waals surface area contributed by atoms with E-state index in [2.05, 4.69) is 10.4 Å². The SMILES string of the molecule is CCn1cc(C(=O)Nc2ccc(Cl)c(Cl)c2)cn1. The zero-order chi connectivity index (χ0) is 13.1. The third-order valence-corrected chi connectivity index (χ3v) is 3.14. The lowest BCUT2D eigenvalue weighted by Gasteiger charge is -2.04. The summed E-state index contributed by atoms with van der Waals surface area (Å²) < 4.78 is 1.68. The van der Waals surface area contributed by atoms with E-state index in [1.807, 2.05) is 6.92 Å². The van der Waals surface area contributed by atoms with Crippen molar-refractivity contribution in [2.45, 2.75) is 13.5 Å².